The number of aryl methyl sites for hydroxylation is 2. The summed E-state index contributed by atoms with van der Waals surface area (Å²) in [4.78, 5) is 55.8. The molecule has 3 aromatic rings. The Morgan fingerprint density at radius 3 is 2.52 bits per heavy atom. The topological polar surface area (TPSA) is 136 Å². The molecule has 4 heterocycles. The second-order valence-corrected chi connectivity index (χ2v) is 12.9. The van der Waals surface area contributed by atoms with Crippen LogP contribution in [0.25, 0.3) is 11.0 Å². The summed E-state index contributed by atoms with van der Waals surface area (Å²) in [5, 5.41) is 3.92. The Hall–Kier alpha value is -4.00. The van der Waals surface area contributed by atoms with E-state index >= 15 is 0 Å². The van der Waals surface area contributed by atoms with Crippen molar-refractivity contribution < 1.29 is 28.4 Å². The van der Waals surface area contributed by atoms with E-state index in [4.69, 9.17) is 19.0 Å². The van der Waals surface area contributed by atoms with E-state index in [-0.39, 0.29) is 30.8 Å². The summed E-state index contributed by atoms with van der Waals surface area (Å²) in [7, 11) is 0. The fraction of sp³-hybridized carbons (Fsp3) is 0.613. The molecule has 0 N–H and O–H groups in total. The summed E-state index contributed by atoms with van der Waals surface area (Å²) in [6.07, 6.45) is 1.67. The van der Waals surface area contributed by atoms with Gasteiger partial charge in [0.25, 0.3) is 5.91 Å². The van der Waals surface area contributed by atoms with Gasteiger partial charge in [0, 0.05) is 45.7 Å². The van der Waals surface area contributed by atoms with Crippen LogP contribution in [0.2, 0.25) is 0 Å². The molecule has 2 aliphatic heterocycles. The second kappa shape index (κ2) is 13.3. The van der Waals surface area contributed by atoms with E-state index in [1.807, 2.05) is 63.5 Å². The summed E-state index contributed by atoms with van der Waals surface area (Å²) in [5.74, 6) is 0.179. The van der Waals surface area contributed by atoms with Gasteiger partial charge < -0.3 is 33.3 Å². The third kappa shape index (κ3) is 7.37. The van der Waals surface area contributed by atoms with Crippen LogP contribution in [0.15, 0.2) is 35.2 Å². The molecule has 13 heteroatoms. The summed E-state index contributed by atoms with van der Waals surface area (Å²) >= 11 is 0. The number of carbonyl (C=O) groups excluding carboxylic acids is 3. The van der Waals surface area contributed by atoms with Crippen molar-refractivity contribution in [3.8, 4) is 0 Å². The number of fused-ring (bicyclic) bond motifs is 1. The average Bonchev–Trinajstić information content (AvgIpc) is 3.65. The molecule has 2 fully saturated rings. The first-order valence-corrected chi connectivity index (χ1v) is 15.4. The highest BCUT2D eigenvalue weighted by atomic mass is 16.6. The highest BCUT2D eigenvalue weighted by Gasteiger charge is 2.41. The van der Waals surface area contributed by atoms with Crippen molar-refractivity contribution in [2.75, 3.05) is 45.9 Å². The number of likely N-dealkylation sites (tertiary alicyclic amines) is 1. The van der Waals surface area contributed by atoms with E-state index in [1.165, 1.54) is 6.39 Å². The number of nitrogens with zero attached hydrogens (tertiary/aromatic N) is 7. The van der Waals surface area contributed by atoms with Gasteiger partial charge in [0.05, 0.1) is 36.2 Å². The van der Waals surface area contributed by atoms with Crippen LogP contribution in [0.1, 0.15) is 57.5 Å². The number of hydrogen-bond donors (Lipinski definition) is 0. The van der Waals surface area contributed by atoms with Crippen molar-refractivity contribution in [1.29, 1.82) is 0 Å². The zero-order valence-corrected chi connectivity index (χ0v) is 26.3. The largest absolute Gasteiger partial charge is 0.444 e. The van der Waals surface area contributed by atoms with Gasteiger partial charge in [0.2, 0.25) is 12.3 Å². The minimum Gasteiger partial charge on any atom is -0.444 e. The van der Waals surface area contributed by atoms with Crippen molar-refractivity contribution in [1.82, 2.24) is 34.4 Å². The summed E-state index contributed by atoms with van der Waals surface area (Å²) in [6, 6.07) is 7.19. The van der Waals surface area contributed by atoms with Gasteiger partial charge in [-0.2, -0.15) is 4.98 Å². The molecule has 13 nitrogen and oxygen atoms in total. The Morgan fingerprint density at radius 1 is 1.09 bits per heavy atom. The fourth-order valence-electron chi connectivity index (χ4n) is 5.89. The first kappa shape index (κ1) is 31.4. The zero-order valence-electron chi connectivity index (χ0n) is 26.3. The number of piperidine rings is 1. The Balaban J connectivity index is 1.48. The normalized spacial score (nSPS) is 19.4. The smallest absolute Gasteiger partial charge is 0.410 e. The van der Waals surface area contributed by atoms with Crippen LogP contribution < -0.4 is 0 Å². The van der Waals surface area contributed by atoms with Gasteiger partial charge in [0.15, 0.2) is 11.6 Å². The number of amides is 3. The molecule has 2 saturated heterocycles. The van der Waals surface area contributed by atoms with Gasteiger partial charge in [0.1, 0.15) is 5.60 Å². The molecule has 1 aromatic carbocycles. The molecule has 2 atom stereocenters. The van der Waals surface area contributed by atoms with Crippen LogP contribution in [-0.2, 0) is 27.2 Å². The number of benzene rings is 1. The molecule has 0 aliphatic carbocycles. The van der Waals surface area contributed by atoms with Crippen LogP contribution >= 0.6 is 0 Å². The SMILES string of the molecule is CC(C)CN(C(=O)c1nc2ccccc2n1CCc1ncon1)[C@H]1C[C@@H](C(=O)N2CCOCC2)CN(C(=O)OC(C)(C)C)C1. The van der Waals surface area contributed by atoms with Crippen LogP contribution in [0.3, 0.4) is 0 Å². The number of ether oxygens (including phenoxy) is 2. The summed E-state index contributed by atoms with van der Waals surface area (Å²) in [5.41, 5.74) is 0.821. The molecule has 2 aliphatic rings. The van der Waals surface area contributed by atoms with Crippen LogP contribution in [0, 0.1) is 11.8 Å². The molecule has 238 valence electrons. The van der Waals surface area contributed by atoms with E-state index in [0.29, 0.717) is 69.4 Å². The Morgan fingerprint density at radius 2 is 1.84 bits per heavy atom. The molecule has 0 spiro atoms. The molecule has 0 saturated carbocycles. The van der Waals surface area contributed by atoms with Crippen molar-refractivity contribution >= 4 is 28.9 Å². The lowest BCUT2D eigenvalue weighted by atomic mass is 9.91. The summed E-state index contributed by atoms with van der Waals surface area (Å²) < 4.78 is 18.0. The number of hydrogen-bond acceptors (Lipinski definition) is 9. The molecule has 2 aromatic heterocycles. The average molecular weight is 610 g/mol. The predicted molar refractivity (Wildman–Crippen MR) is 161 cm³/mol. The minimum absolute atomic E-state index is 0.0316. The van der Waals surface area contributed by atoms with Crippen LogP contribution in [-0.4, -0.2) is 110 Å². The maximum Gasteiger partial charge on any atom is 0.410 e. The molecule has 3 amide bonds. The second-order valence-electron chi connectivity index (χ2n) is 12.9. The van der Waals surface area contributed by atoms with Crippen LogP contribution in [0.4, 0.5) is 4.79 Å². The quantitative estimate of drug-likeness (QED) is 0.377. The first-order valence-electron chi connectivity index (χ1n) is 15.4. The number of rotatable bonds is 8. The lowest BCUT2D eigenvalue weighted by Crippen LogP contribution is -2.58. The number of aromatic nitrogens is 4. The third-order valence-electron chi connectivity index (χ3n) is 7.83. The van der Waals surface area contributed by atoms with Crippen molar-refractivity contribution in [3.05, 3.63) is 42.3 Å². The van der Waals surface area contributed by atoms with E-state index < -0.39 is 23.7 Å². The number of para-hydroxylation sites is 2. The molecule has 44 heavy (non-hydrogen) atoms. The minimum atomic E-state index is -0.704. The Labute approximate surface area is 257 Å². The lowest BCUT2D eigenvalue weighted by molar-refractivity contribution is -0.142. The fourth-order valence-corrected chi connectivity index (χ4v) is 5.89. The molecule has 0 bridgehead atoms. The molecular weight excluding hydrogens is 566 g/mol. The van der Waals surface area contributed by atoms with Gasteiger partial charge in [-0.1, -0.05) is 31.1 Å². The maximum atomic E-state index is 14.6. The number of imidazole rings is 1. The monoisotopic (exact) mass is 609 g/mol. The van der Waals surface area contributed by atoms with Crippen molar-refractivity contribution in [2.45, 2.75) is 65.6 Å². The lowest BCUT2D eigenvalue weighted by Gasteiger charge is -2.44. The zero-order chi connectivity index (χ0) is 31.4. The van der Waals surface area contributed by atoms with E-state index in [9.17, 15) is 14.4 Å². The highest BCUT2D eigenvalue weighted by molar-refractivity contribution is 5.95. The maximum absolute atomic E-state index is 14.6. The molecule has 0 unspecified atom stereocenters. The molecule has 0 radical (unpaired) electrons. The Kier molecular flexibility index (Phi) is 9.52. The van der Waals surface area contributed by atoms with Crippen LogP contribution in [0.5, 0.6) is 0 Å². The van der Waals surface area contributed by atoms with Gasteiger partial charge in [-0.25, -0.2) is 9.78 Å². The predicted octanol–water partition coefficient (Wildman–Crippen LogP) is 3.24. The van der Waals surface area contributed by atoms with Crippen molar-refractivity contribution in [3.63, 3.8) is 0 Å². The van der Waals surface area contributed by atoms with Gasteiger partial charge in [-0.3, -0.25) is 9.59 Å². The van der Waals surface area contributed by atoms with E-state index in [2.05, 4.69) is 10.1 Å². The highest BCUT2D eigenvalue weighted by Crippen LogP contribution is 2.28. The van der Waals surface area contributed by atoms with E-state index in [0.717, 1.165) is 5.52 Å². The molecular formula is C31H43N7O6. The third-order valence-corrected chi connectivity index (χ3v) is 7.83. The molecule has 5 rings (SSSR count). The number of morpholine rings is 1. The van der Waals surface area contributed by atoms with Gasteiger partial charge in [-0.15, -0.1) is 0 Å². The van der Waals surface area contributed by atoms with E-state index in [1.54, 1.807) is 14.7 Å². The Bertz CT molecular complexity index is 1440. The van der Waals surface area contributed by atoms with Gasteiger partial charge in [-0.05, 0) is 45.2 Å². The summed E-state index contributed by atoms with van der Waals surface area (Å²) in [6.45, 7) is 12.8. The standard InChI is InChI=1S/C31H43N7O6/c1-21(2)17-38(29(40)27-33-24-8-6-7-9-25(24)37(27)11-10-26-32-20-43-34-26)23-16-22(28(39)35-12-14-42-15-13-35)18-36(19-23)30(41)44-31(3,4)5/h6-9,20-23H,10-19H2,1-5H3/t22-,23+/m1/s1. The van der Waals surface area contributed by atoms with Crippen molar-refractivity contribution in [2.24, 2.45) is 11.8 Å². The van der Waals surface area contributed by atoms with Gasteiger partial charge >= 0.3 is 6.09 Å². The number of carbonyl (C=O) groups is 3. The first-order chi connectivity index (χ1) is 21.0.